The molecule has 0 radical (unpaired) electrons. The Morgan fingerprint density at radius 2 is 2.00 bits per heavy atom. The molecule has 0 aromatic heterocycles. The summed E-state index contributed by atoms with van der Waals surface area (Å²) in [6, 6.07) is 0.272. The molecule has 5 heteroatoms. The average molecular weight is 228 g/mol. The maximum absolute atomic E-state index is 11.4. The minimum absolute atomic E-state index is 0.0891. The van der Waals surface area contributed by atoms with Gasteiger partial charge in [-0.3, -0.25) is 9.59 Å². The van der Waals surface area contributed by atoms with Gasteiger partial charge in [0.1, 0.15) is 0 Å². The van der Waals surface area contributed by atoms with Gasteiger partial charge in [0.15, 0.2) is 0 Å². The highest BCUT2D eigenvalue weighted by molar-refractivity contribution is 5.78. The molecule has 5 nitrogen and oxygen atoms in total. The highest BCUT2D eigenvalue weighted by atomic mass is 16.4. The summed E-state index contributed by atoms with van der Waals surface area (Å²) in [5.41, 5.74) is 0. The first-order valence-corrected chi connectivity index (χ1v) is 5.76. The number of carbonyl (C=O) groups excluding carboxylic acids is 1. The molecule has 2 atom stereocenters. The molecule has 92 valence electrons. The molecule has 1 aliphatic rings. The fourth-order valence-electron chi connectivity index (χ4n) is 1.34. The number of carbonyl (C=O) groups is 2. The molecule has 0 aromatic carbocycles. The lowest BCUT2D eigenvalue weighted by Crippen LogP contribution is -2.41. The van der Waals surface area contributed by atoms with E-state index in [4.69, 9.17) is 5.11 Å². The van der Waals surface area contributed by atoms with Crippen molar-refractivity contribution < 1.29 is 14.7 Å². The molecule has 1 saturated carbocycles. The van der Waals surface area contributed by atoms with Crippen LogP contribution in [0.15, 0.2) is 0 Å². The van der Waals surface area contributed by atoms with E-state index in [0.717, 1.165) is 0 Å². The second kappa shape index (κ2) is 5.84. The number of nitrogens with one attached hydrogen (secondary N) is 2. The molecular weight excluding hydrogens is 208 g/mol. The first-order chi connectivity index (χ1) is 7.50. The molecule has 1 amide bonds. The van der Waals surface area contributed by atoms with Crippen LogP contribution >= 0.6 is 0 Å². The topological polar surface area (TPSA) is 78.4 Å². The normalized spacial score (nSPS) is 18.9. The van der Waals surface area contributed by atoms with Crippen molar-refractivity contribution >= 4 is 11.9 Å². The van der Waals surface area contributed by atoms with Crippen LogP contribution in [-0.4, -0.2) is 35.6 Å². The van der Waals surface area contributed by atoms with Crippen LogP contribution in [0.25, 0.3) is 0 Å². The van der Waals surface area contributed by atoms with Crippen molar-refractivity contribution in [2.45, 2.75) is 45.2 Å². The average Bonchev–Trinajstić information content (AvgIpc) is 3.00. The third-order valence-corrected chi connectivity index (χ3v) is 2.89. The summed E-state index contributed by atoms with van der Waals surface area (Å²) in [7, 11) is 0. The van der Waals surface area contributed by atoms with Gasteiger partial charge in [-0.1, -0.05) is 0 Å². The molecule has 0 saturated heterocycles. The molecular formula is C11H20N2O3. The monoisotopic (exact) mass is 228 g/mol. The Balaban J connectivity index is 2.13. The number of rotatable bonds is 7. The highest BCUT2D eigenvalue weighted by Crippen LogP contribution is 2.18. The molecule has 16 heavy (non-hydrogen) atoms. The minimum Gasteiger partial charge on any atom is -0.481 e. The summed E-state index contributed by atoms with van der Waals surface area (Å²) in [5.74, 6) is -1.53. The summed E-state index contributed by atoms with van der Waals surface area (Å²) in [4.78, 5) is 22.1. The standard InChI is InChI=1S/C11H20N2O3/c1-7(11(15)16)8(2)13-10(14)5-6-12-9-3-4-9/h7-9,12H,3-6H2,1-2H3,(H,13,14)(H,15,16). The third kappa shape index (κ3) is 4.61. The van der Waals surface area contributed by atoms with Gasteiger partial charge in [-0.25, -0.2) is 0 Å². The summed E-state index contributed by atoms with van der Waals surface area (Å²) in [6.07, 6.45) is 2.81. The second-order valence-electron chi connectivity index (χ2n) is 4.46. The van der Waals surface area contributed by atoms with Crippen LogP contribution in [0.4, 0.5) is 0 Å². The predicted molar refractivity (Wildman–Crippen MR) is 60.0 cm³/mol. The number of aliphatic carboxylic acids is 1. The summed E-state index contributed by atoms with van der Waals surface area (Å²) in [5, 5.41) is 14.7. The van der Waals surface area contributed by atoms with Crippen LogP contribution in [-0.2, 0) is 9.59 Å². The SMILES string of the molecule is CC(NC(=O)CCNC1CC1)C(C)C(=O)O. The van der Waals surface area contributed by atoms with Gasteiger partial charge in [-0.05, 0) is 26.7 Å². The van der Waals surface area contributed by atoms with E-state index in [-0.39, 0.29) is 11.9 Å². The van der Waals surface area contributed by atoms with Crippen LogP contribution in [0.1, 0.15) is 33.1 Å². The maximum atomic E-state index is 11.4. The van der Waals surface area contributed by atoms with Crippen molar-refractivity contribution in [1.29, 1.82) is 0 Å². The number of amides is 1. The first-order valence-electron chi connectivity index (χ1n) is 5.76. The largest absolute Gasteiger partial charge is 0.481 e. The fourth-order valence-corrected chi connectivity index (χ4v) is 1.34. The Bertz CT molecular complexity index is 264. The van der Waals surface area contributed by atoms with Crippen molar-refractivity contribution in [3.63, 3.8) is 0 Å². The van der Waals surface area contributed by atoms with E-state index in [1.807, 2.05) is 0 Å². The van der Waals surface area contributed by atoms with Gasteiger partial charge in [0, 0.05) is 25.0 Å². The summed E-state index contributed by atoms with van der Waals surface area (Å²) < 4.78 is 0. The van der Waals surface area contributed by atoms with E-state index in [9.17, 15) is 9.59 Å². The summed E-state index contributed by atoms with van der Waals surface area (Å²) in [6.45, 7) is 3.98. The predicted octanol–water partition coefficient (Wildman–Crippen LogP) is 0.354. The van der Waals surface area contributed by atoms with Gasteiger partial charge < -0.3 is 15.7 Å². The Morgan fingerprint density at radius 1 is 1.38 bits per heavy atom. The van der Waals surface area contributed by atoms with Gasteiger partial charge in [-0.15, -0.1) is 0 Å². The fraction of sp³-hybridized carbons (Fsp3) is 0.818. The lowest BCUT2D eigenvalue weighted by molar-refractivity contribution is -0.142. The van der Waals surface area contributed by atoms with Crippen molar-refractivity contribution in [3.8, 4) is 0 Å². The van der Waals surface area contributed by atoms with Crippen LogP contribution in [0.3, 0.4) is 0 Å². The number of hydrogen-bond acceptors (Lipinski definition) is 3. The van der Waals surface area contributed by atoms with Crippen molar-refractivity contribution in [2.75, 3.05) is 6.54 Å². The van der Waals surface area contributed by atoms with Crippen LogP contribution < -0.4 is 10.6 Å². The Hall–Kier alpha value is -1.10. The molecule has 0 spiro atoms. The van der Waals surface area contributed by atoms with Crippen molar-refractivity contribution in [1.82, 2.24) is 10.6 Å². The van der Waals surface area contributed by atoms with E-state index in [2.05, 4.69) is 10.6 Å². The van der Waals surface area contributed by atoms with Gasteiger partial charge in [0.2, 0.25) is 5.91 Å². The second-order valence-corrected chi connectivity index (χ2v) is 4.46. The van der Waals surface area contributed by atoms with Crippen LogP contribution in [0.5, 0.6) is 0 Å². The molecule has 1 rings (SSSR count). The molecule has 0 aliphatic heterocycles. The summed E-state index contributed by atoms with van der Waals surface area (Å²) >= 11 is 0. The lowest BCUT2D eigenvalue weighted by atomic mass is 10.0. The molecule has 2 unspecified atom stereocenters. The molecule has 0 bridgehead atoms. The third-order valence-electron chi connectivity index (χ3n) is 2.89. The van der Waals surface area contributed by atoms with Gasteiger partial charge in [0.05, 0.1) is 5.92 Å². The van der Waals surface area contributed by atoms with E-state index >= 15 is 0 Å². The first kappa shape index (κ1) is 13.0. The van der Waals surface area contributed by atoms with Crippen molar-refractivity contribution in [2.24, 2.45) is 5.92 Å². The smallest absolute Gasteiger partial charge is 0.308 e. The zero-order valence-corrected chi connectivity index (χ0v) is 9.82. The number of carboxylic acid groups (broad SMARTS) is 1. The van der Waals surface area contributed by atoms with E-state index in [1.54, 1.807) is 13.8 Å². The molecule has 3 N–H and O–H groups in total. The van der Waals surface area contributed by atoms with E-state index in [0.29, 0.717) is 19.0 Å². The number of hydrogen-bond donors (Lipinski definition) is 3. The maximum Gasteiger partial charge on any atom is 0.308 e. The zero-order valence-electron chi connectivity index (χ0n) is 9.82. The molecule has 0 aromatic rings. The highest BCUT2D eigenvalue weighted by Gasteiger charge is 2.22. The molecule has 0 heterocycles. The van der Waals surface area contributed by atoms with Gasteiger partial charge >= 0.3 is 5.97 Å². The van der Waals surface area contributed by atoms with E-state index < -0.39 is 11.9 Å². The van der Waals surface area contributed by atoms with Gasteiger partial charge in [0.25, 0.3) is 0 Å². The van der Waals surface area contributed by atoms with Crippen LogP contribution in [0.2, 0.25) is 0 Å². The Labute approximate surface area is 95.6 Å². The van der Waals surface area contributed by atoms with Crippen LogP contribution in [0, 0.1) is 5.92 Å². The Kier molecular flexibility index (Phi) is 4.73. The number of carboxylic acids is 1. The Morgan fingerprint density at radius 3 is 2.50 bits per heavy atom. The van der Waals surface area contributed by atoms with Crippen molar-refractivity contribution in [3.05, 3.63) is 0 Å². The molecule has 1 aliphatic carbocycles. The van der Waals surface area contributed by atoms with E-state index in [1.165, 1.54) is 12.8 Å². The zero-order chi connectivity index (χ0) is 12.1. The quantitative estimate of drug-likeness (QED) is 0.587. The minimum atomic E-state index is -0.885. The lowest BCUT2D eigenvalue weighted by Gasteiger charge is -2.17. The van der Waals surface area contributed by atoms with Gasteiger partial charge in [-0.2, -0.15) is 0 Å². The molecule has 1 fully saturated rings.